The van der Waals surface area contributed by atoms with Gasteiger partial charge in [0.05, 0.1) is 10.7 Å². The van der Waals surface area contributed by atoms with E-state index in [0.717, 1.165) is 4.31 Å². The van der Waals surface area contributed by atoms with E-state index in [1.165, 1.54) is 26.4 Å². The summed E-state index contributed by atoms with van der Waals surface area (Å²) in [5.74, 6) is 0. The van der Waals surface area contributed by atoms with E-state index in [-0.39, 0.29) is 4.99 Å². The van der Waals surface area contributed by atoms with Gasteiger partial charge in [-0.15, -0.1) is 0 Å². The molecule has 0 saturated carbocycles. The van der Waals surface area contributed by atoms with E-state index in [0.29, 0.717) is 5.69 Å². The van der Waals surface area contributed by atoms with Crippen molar-refractivity contribution < 1.29 is 8.42 Å². The summed E-state index contributed by atoms with van der Waals surface area (Å²) in [6.07, 6.45) is 3.04. The van der Waals surface area contributed by atoms with Gasteiger partial charge >= 0.3 is 0 Å². The van der Waals surface area contributed by atoms with E-state index in [4.69, 9.17) is 18.0 Å². The maximum absolute atomic E-state index is 12.0. The summed E-state index contributed by atoms with van der Waals surface area (Å²) in [5, 5.41) is -0.888. The molecule has 1 rings (SSSR count). The van der Waals surface area contributed by atoms with Crippen LogP contribution in [0.3, 0.4) is 0 Å². The molecule has 5 nitrogen and oxygen atoms in total. The molecule has 0 aliphatic rings. The molecule has 2 N–H and O–H groups in total. The number of hydrogen-bond donors (Lipinski definition) is 1. The Labute approximate surface area is 100 Å². The number of nitrogens with zero attached hydrogens (tertiary/aromatic N) is 2. The first-order valence-electron chi connectivity index (χ1n) is 4.54. The van der Waals surface area contributed by atoms with Crippen molar-refractivity contribution in [2.24, 2.45) is 5.73 Å². The molecule has 7 heteroatoms. The molecule has 1 aromatic rings. The Morgan fingerprint density at radius 1 is 1.50 bits per heavy atom. The van der Waals surface area contributed by atoms with Gasteiger partial charge in [-0.05, 0) is 19.1 Å². The molecule has 1 aromatic heterocycles. The average Bonchev–Trinajstić information content (AvgIpc) is 2.28. The molecule has 0 aliphatic heterocycles. The lowest BCUT2D eigenvalue weighted by Gasteiger charge is -2.22. The Morgan fingerprint density at radius 3 is 2.44 bits per heavy atom. The lowest BCUT2D eigenvalue weighted by molar-refractivity contribution is 0.591. The highest BCUT2D eigenvalue weighted by atomic mass is 32.2. The second kappa shape index (κ2) is 4.75. The fourth-order valence-electron chi connectivity index (χ4n) is 1.08. The van der Waals surface area contributed by atoms with Crippen LogP contribution in [-0.4, -0.2) is 30.7 Å². The molecule has 0 radical (unpaired) electrons. The number of pyridine rings is 1. The third-order valence-electron chi connectivity index (χ3n) is 2.26. The molecule has 0 amide bonds. The van der Waals surface area contributed by atoms with Crippen molar-refractivity contribution >= 4 is 32.9 Å². The maximum atomic E-state index is 12.0. The molecule has 1 atom stereocenters. The lowest BCUT2D eigenvalue weighted by Crippen LogP contribution is -2.41. The first-order chi connectivity index (χ1) is 7.37. The first kappa shape index (κ1) is 12.9. The second-order valence-electron chi connectivity index (χ2n) is 3.26. The molecular weight excluding hydrogens is 246 g/mol. The van der Waals surface area contributed by atoms with Gasteiger partial charge in [0.15, 0.2) is 0 Å². The Kier molecular flexibility index (Phi) is 3.82. The molecule has 0 bridgehead atoms. The molecule has 0 spiro atoms. The topological polar surface area (TPSA) is 76.3 Å². The lowest BCUT2D eigenvalue weighted by atomic mass is 10.4. The Morgan fingerprint density at radius 2 is 2.00 bits per heavy atom. The average molecular weight is 259 g/mol. The van der Waals surface area contributed by atoms with Crippen molar-refractivity contribution in [2.75, 3.05) is 11.4 Å². The van der Waals surface area contributed by atoms with Crippen molar-refractivity contribution in [3.05, 3.63) is 24.5 Å². The molecule has 0 saturated heterocycles. The number of thiocarbonyl (C=S) groups is 1. The third-order valence-corrected chi connectivity index (χ3v) is 4.88. The molecule has 16 heavy (non-hydrogen) atoms. The smallest absolute Gasteiger partial charge is 0.244 e. The Balaban J connectivity index is 3.07. The molecule has 0 aliphatic carbocycles. The predicted octanol–water partition coefficient (Wildman–Crippen LogP) is 0.522. The minimum absolute atomic E-state index is 0.0408. The monoisotopic (exact) mass is 259 g/mol. The summed E-state index contributed by atoms with van der Waals surface area (Å²) in [7, 11) is -2.09. The summed E-state index contributed by atoms with van der Waals surface area (Å²) in [6.45, 7) is 1.47. The van der Waals surface area contributed by atoms with Crippen LogP contribution in [0.1, 0.15) is 6.92 Å². The highest BCUT2D eigenvalue weighted by Crippen LogP contribution is 2.17. The van der Waals surface area contributed by atoms with E-state index in [9.17, 15) is 8.42 Å². The molecule has 0 aromatic carbocycles. The summed E-state index contributed by atoms with van der Waals surface area (Å²) in [4.78, 5) is 3.78. The highest BCUT2D eigenvalue weighted by Gasteiger charge is 2.28. The minimum atomic E-state index is -3.55. The fourth-order valence-corrected chi connectivity index (χ4v) is 2.63. The predicted molar refractivity (Wildman–Crippen MR) is 67.8 cm³/mol. The number of anilines is 1. The number of nitrogens with two attached hydrogens (primary N) is 1. The van der Waals surface area contributed by atoms with Gasteiger partial charge in [-0.1, -0.05) is 12.2 Å². The molecule has 0 fully saturated rings. The first-order valence-corrected chi connectivity index (χ1v) is 6.45. The molecule has 1 heterocycles. The Bertz CT molecular complexity index is 473. The van der Waals surface area contributed by atoms with Crippen LogP contribution in [0.2, 0.25) is 0 Å². The van der Waals surface area contributed by atoms with Gasteiger partial charge in [-0.2, -0.15) is 0 Å². The van der Waals surface area contributed by atoms with Gasteiger partial charge < -0.3 is 5.73 Å². The van der Waals surface area contributed by atoms with Gasteiger partial charge in [0, 0.05) is 19.4 Å². The number of rotatable bonds is 4. The third kappa shape index (κ3) is 2.48. The van der Waals surface area contributed by atoms with Gasteiger partial charge in [0.2, 0.25) is 10.0 Å². The SMILES string of the molecule is CC(C(N)=S)S(=O)(=O)N(C)c1ccncc1. The van der Waals surface area contributed by atoms with Crippen LogP contribution in [0.4, 0.5) is 5.69 Å². The van der Waals surface area contributed by atoms with Gasteiger partial charge in [-0.25, -0.2) is 8.42 Å². The standard InChI is InChI=1S/C9H13N3O2S2/c1-7(9(10)15)16(13,14)12(2)8-3-5-11-6-4-8/h3-7H,1-2H3,(H2,10,15). The largest absolute Gasteiger partial charge is 0.392 e. The highest BCUT2D eigenvalue weighted by molar-refractivity contribution is 7.95. The molecular formula is C9H13N3O2S2. The number of hydrogen-bond acceptors (Lipinski definition) is 4. The van der Waals surface area contributed by atoms with Crippen LogP contribution in [0.5, 0.6) is 0 Å². The van der Waals surface area contributed by atoms with Crippen LogP contribution in [-0.2, 0) is 10.0 Å². The van der Waals surface area contributed by atoms with Crippen molar-refractivity contribution in [2.45, 2.75) is 12.2 Å². The molecule has 1 unspecified atom stereocenters. The van der Waals surface area contributed by atoms with E-state index in [1.807, 2.05) is 0 Å². The van der Waals surface area contributed by atoms with Gasteiger partial charge in [0.25, 0.3) is 0 Å². The quantitative estimate of drug-likeness (QED) is 0.798. The van der Waals surface area contributed by atoms with Crippen molar-refractivity contribution in [3.8, 4) is 0 Å². The van der Waals surface area contributed by atoms with Crippen molar-refractivity contribution in [1.29, 1.82) is 0 Å². The van der Waals surface area contributed by atoms with Gasteiger partial charge in [0.1, 0.15) is 5.25 Å². The van der Waals surface area contributed by atoms with Crippen LogP contribution in [0.25, 0.3) is 0 Å². The zero-order valence-electron chi connectivity index (χ0n) is 8.99. The summed E-state index contributed by atoms with van der Waals surface area (Å²) < 4.78 is 25.2. The van der Waals surface area contributed by atoms with E-state index >= 15 is 0 Å². The maximum Gasteiger partial charge on any atom is 0.244 e. The van der Waals surface area contributed by atoms with E-state index in [1.54, 1.807) is 12.1 Å². The number of aromatic nitrogens is 1. The van der Waals surface area contributed by atoms with E-state index in [2.05, 4.69) is 4.98 Å². The van der Waals surface area contributed by atoms with Gasteiger partial charge in [-0.3, -0.25) is 9.29 Å². The normalized spacial score (nSPS) is 13.1. The summed E-state index contributed by atoms with van der Waals surface area (Å²) in [5.41, 5.74) is 5.88. The van der Waals surface area contributed by atoms with Crippen LogP contribution in [0, 0.1) is 0 Å². The van der Waals surface area contributed by atoms with Crippen molar-refractivity contribution in [3.63, 3.8) is 0 Å². The molecule has 88 valence electrons. The zero-order chi connectivity index (χ0) is 12.3. The van der Waals surface area contributed by atoms with Crippen LogP contribution >= 0.6 is 12.2 Å². The number of sulfonamides is 1. The Hall–Kier alpha value is -1.21. The van der Waals surface area contributed by atoms with Crippen LogP contribution < -0.4 is 10.0 Å². The summed E-state index contributed by atoms with van der Waals surface area (Å²) in [6, 6.07) is 3.20. The van der Waals surface area contributed by atoms with Crippen LogP contribution in [0.15, 0.2) is 24.5 Å². The second-order valence-corrected chi connectivity index (χ2v) is 6.02. The minimum Gasteiger partial charge on any atom is -0.392 e. The zero-order valence-corrected chi connectivity index (χ0v) is 10.6. The van der Waals surface area contributed by atoms with Crippen molar-refractivity contribution in [1.82, 2.24) is 4.98 Å². The summed E-state index contributed by atoms with van der Waals surface area (Å²) >= 11 is 4.70. The van der Waals surface area contributed by atoms with E-state index < -0.39 is 15.3 Å². The fraction of sp³-hybridized carbons (Fsp3) is 0.333.